The van der Waals surface area contributed by atoms with Gasteiger partial charge in [0.15, 0.2) is 0 Å². The molecule has 0 unspecified atom stereocenters. The summed E-state index contributed by atoms with van der Waals surface area (Å²) < 4.78 is 1.88. The minimum atomic E-state index is -0.00518. The highest BCUT2D eigenvalue weighted by Crippen LogP contribution is 2.16. The van der Waals surface area contributed by atoms with Crippen molar-refractivity contribution < 1.29 is 0 Å². The third-order valence-corrected chi connectivity index (χ3v) is 3.82. The summed E-state index contributed by atoms with van der Waals surface area (Å²) in [5.41, 5.74) is 3.93. The Morgan fingerprint density at radius 2 is 2.20 bits per heavy atom. The minimum Gasteiger partial charge on any atom is -0.310 e. The van der Waals surface area contributed by atoms with E-state index in [9.17, 15) is 4.79 Å². The number of rotatable bonds is 2. The quantitative estimate of drug-likeness (QED) is 0.873. The van der Waals surface area contributed by atoms with Crippen LogP contribution in [0, 0.1) is 13.8 Å². The van der Waals surface area contributed by atoms with Crippen LogP contribution in [0.3, 0.4) is 0 Å². The largest absolute Gasteiger partial charge is 0.310 e. The molecule has 1 aliphatic rings. The summed E-state index contributed by atoms with van der Waals surface area (Å²) >= 11 is 0. The SMILES string of the molecule is Cc1nc2c(c(=O)[nH]1)CN(Cc1cc(C)n(C)n1)CC2. The molecular formula is C14H19N5O. The Labute approximate surface area is 117 Å². The van der Waals surface area contributed by atoms with Crippen LogP contribution in [0.25, 0.3) is 0 Å². The van der Waals surface area contributed by atoms with Crippen LogP contribution in [0.5, 0.6) is 0 Å². The minimum absolute atomic E-state index is 0.00518. The summed E-state index contributed by atoms with van der Waals surface area (Å²) in [7, 11) is 1.95. The predicted molar refractivity (Wildman–Crippen MR) is 75.4 cm³/mol. The smallest absolute Gasteiger partial charge is 0.255 e. The van der Waals surface area contributed by atoms with Crippen molar-refractivity contribution in [1.29, 1.82) is 0 Å². The molecule has 0 aromatic carbocycles. The molecule has 1 aliphatic heterocycles. The second-order valence-corrected chi connectivity index (χ2v) is 5.44. The molecule has 3 rings (SSSR count). The molecule has 106 valence electrons. The highest BCUT2D eigenvalue weighted by molar-refractivity contribution is 5.21. The van der Waals surface area contributed by atoms with E-state index < -0.39 is 0 Å². The first-order valence-corrected chi connectivity index (χ1v) is 6.83. The van der Waals surface area contributed by atoms with Crippen LogP contribution in [0.1, 0.15) is 28.5 Å². The molecular weight excluding hydrogens is 254 g/mol. The van der Waals surface area contributed by atoms with Gasteiger partial charge in [0.05, 0.1) is 17.0 Å². The van der Waals surface area contributed by atoms with Crippen molar-refractivity contribution in [1.82, 2.24) is 24.6 Å². The summed E-state index contributed by atoms with van der Waals surface area (Å²) in [4.78, 5) is 21.5. The topological polar surface area (TPSA) is 66.8 Å². The lowest BCUT2D eigenvalue weighted by molar-refractivity contribution is 0.238. The van der Waals surface area contributed by atoms with Gasteiger partial charge in [-0.15, -0.1) is 0 Å². The molecule has 0 fully saturated rings. The van der Waals surface area contributed by atoms with Crippen molar-refractivity contribution in [3.05, 3.63) is 44.9 Å². The lowest BCUT2D eigenvalue weighted by atomic mass is 10.1. The second kappa shape index (κ2) is 4.86. The summed E-state index contributed by atoms with van der Waals surface area (Å²) in [6.07, 6.45) is 0.825. The van der Waals surface area contributed by atoms with Crippen LogP contribution in [-0.4, -0.2) is 31.2 Å². The Morgan fingerprint density at radius 3 is 2.90 bits per heavy atom. The number of aromatic nitrogens is 4. The van der Waals surface area contributed by atoms with Crippen LogP contribution >= 0.6 is 0 Å². The molecule has 1 N–H and O–H groups in total. The zero-order chi connectivity index (χ0) is 14.3. The standard InChI is InChI=1S/C14H19N5O/c1-9-6-11(17-18(9)3)7-19-5-4-13-12(8-19)14(20)16-10(2)15-13/h6H,4-5,7-8H2,1-3H3,(H,15,16,20). The van der Waals surface area contributed by atoms with E-state index >= 15 is 0 Å². The molecule has 0 atom stereocenters. The lowest BCUT2D eigenvalue weighted by Crippen LogP contribution is -2.35. The maximum absolute atomic E-state index is 12.0. The number of fused-ring (bicyclic) bond motifs is 1. The van der Waals surface area contributed by atoms with Crippen molar-refractivity contribution in [3.63, 3.8) is 0 Å². The first kappa shape index (κ1) is 13.1. The van der Waals surface area contributed by atoms with Crippen LogP contribution in [-0.2, 0) is 26.6 Å². The number of nitrogens with zero attached hydrogens (tertiary/aromatic N) is 4. The molecule has 2 aromatic rings. The molecule has 2 aromatic heterocycles. The van der Waals surface area contributed by atoms with Gasteiger partial charge in [0.25, 0.3) is 5.56 Å². The molecule has 0 radical (unpaired) electrons. The molecule has 0 saturated carbocycles. The normalized spacial score (nSPS) is 15.3. The van der Waals surface area contributed by atoms with Gasteiger partial charge in [0.2, 0.25) is 0 Å². The summed E-state index contributed by atoms with van der Waals surface area (Å²) in [6.45, 7) is 6.20. The van der Waals surface area contributed by atoms with Gasteiger partial charge in [-0.05, 0) is 19.9 Å². The van der Waals surface area contributed by atoms with E-state index in [0.29, 0.717) is 12.4 Å². The molecule has 0 bridgehead atoms. The molecule has 0 spiro atoms. The second-order valence-electron chi connectivity index (χ2n) is 5.44. The third kappa shape index (κ3) is 2.38. The van der Waals surface area contributed by atoms with Gasteiger partial charge in [0.1, 0.15) is 5.82 Å². The Hall–Kier alpha value is -1.95. The van der Waals surface area contributed by atoms with E-state index in [1.165, 1.54) is 0 Å². The van der Waals surface area contributed by atoms with Crippen LogP contribution in [0.4, 0.5) is 0 Å². The first-order chi connectivity index (χ1) is 9.52. The Morgan fingerprint density at radius 1 is 1.40 bits per heavy atom. The molecule has 6 nitrogen and oxygen atoms in total. The fraction of sp³-hybridized carbons (Fsp3) is 0.500. The van der Waals surface area contributed by atoms with E-state index in [-0.39, 0.29) is 5.56 Å². The van der Waals surface area contributed by atoms with E-state index in [0.717, 1.165) is 42.2 Å². The molecule has 0 amide bonds. The van der Waals surface area contributed by atoms with Gasteiger partial charge in [0, 0.05) is 38.8 Å². The fourth-order valence-electron chi connectivity index (χ4n) is 2.68. The van der Waals surface area contributed by atoms with Crippen LogP contribution in [0.15, 0.2) is 10.9 Å². The van der Waals surface area contributed by atoms with E-state index in [1.54, 1.807) is 0 Å². The summed E-state index contributed by atoms with van der Waals surface area (Å²) in [6, 6.07) is 2.09. The Bertz CT molecular complexity index is 681. The zero-order valence-electron chi connectivity index (χ0n) is 12.1. The fourth-order valence-corrected chi connectivity index (χ4v) is 2.68. The van der Waals surface area contributed by atoms with E-state index in [1.807, 2.05) is 25.6 Å². The monoisotopic (exact) mass is 273 g/mol. The maximum atomic E-state index is 12.0. The van der Waals surface area contributed by atoms with Gasteiger partial charge >= 0.3 is 0 Å². The molecule has 6 heteroatoms. The summed E-state index contributed by atoms with van der Waals surface area (Å²) in [5, 5.41) is 4.47. The van der Waals surface area contributed by atoms with E-state index in [4.69, 9.17) is 0 Å². The van der Waals surface area contributed by atoms with Gasteiger partial charge in [-0.25, -0.2) is 4.98 Å². The number of hydrogen-bond donors (Lipinski definition) is 1. The van der Waals surface area contributed by atoms with Crippen molar-refractivity contribution >= 4 is 0 Å². The molecule has 0 saturated heterocycles. The maximum Gasteiger partial charge on any atom is 0.255 e. The zero-order valence-corrected chi connectivity index (χ0v) is 12.1. The number of aromatic amines is 1. The van der Waals surface area contributed by atoms with Crippen LogP contribution < -0.4 is 5.56 Å². The van der Waals surface area contributed by atoms with E-state index in [2.05, 4.69) is 26.0 Å². The third-order valence-electron chi connectivity index (χ3n) is 3.82. The summed E-state index contributed by atoms with van der Waals surface area (Å²) in [5.74, 6) is 0.697. The molecule has 20 heavy (non-hydrogen) atoms. The van der Waals surface area contributed by atoms with Crippen LogP contribution in [0.2, 0.25) is 0 Å². The van der Waals surface area contributed by atoms with Gasteiger partial charge in [-0.1, -0.05) is 0 Å². The Kier molecular flexibility index (Phi) is 3.17. The number of aryl methyl sites for hydroxylation is 3. The van der Waals surface area contributed by atoms with Gasteiger partial charge < -0.3 is 4.98 Å². The Balaban J connectivity index is 1.80. The average molecular weight is 273 g/mol. The number of nitrogens with one attached hydrogen (secondary N) is 1. The highest BCUT2D eigenvalue weighted by atomic mass is 16.1. The highest BCUT2D eigenvalue weighted by Gasteiger charge is 2.21. The van der Waals surface area contributed by atoms with Gasteiger partial charge in [-0.3, -0.25) is 14.4 Å². The lowest BCUT2D eigenvalue weighted by Gasteiger charge is -2.26. The van der Waals surface area contributed by atoms with Crippen molar-refractivity contribution in [2.45, 2.75) is 33.4 Å². The number of hydrogen-bond acceptors (Lipinski definition) is 4. The number of H-pyrrole nitrogens is 1. The molecule has 3 heterocycles. The molecule has 0 aliphatic carbocycles. The van der Waals surface area contributed by atoms with Crippen molar-refractivity contribution in [2.24, 2.45) is 7.05 Å². The average Bonchev–Trinajstić information content (AvgIpc) is 2.69. The first-order valence-electron chi connectivity index (χ1n) is 6.83. The predicted octanol–water partition coefficient (Wildman–Crippen LogP) is 0.679. The van der Waals surface area contributed by atoms with Crippen molar-refractivity contribution in [3.8, 4) is 0 Å². The van der Waals surface area contributed by atoms with Crippen molar-refractivity contribution in [2.75, 3.05) is 6.54 Å². The van der Waals surface area contributed by atoms with Gasteiger partial charge in [-0.2, -0.15) is 5.10 Å².